The number of nitrogens with two attached hydrogens (primary N) is 1. The van der Waals surface area contributed by atoms with Crippen molar-refractivity contribution in [3.8, 4) is 0 Å². The Morgan fingerprint density at radius 1 is 1.33 bits per heavy atom. The average Bonchev–Trinajstić information content (AvgIpc) is 2.36. The number of halogens is 3. The van der Waals surface area contributed by atoms with Crippen LogP contribution in [0.4, 0.5) is 18.9 Å². The molecule has 5 nitrogen and oxygen atoms in total. The number of hydrogen-bond acceptors (Lipinski definition) is 4. The lowest BCUT2D eigenvalue weighted by Gasteiger charge is -2.24. The van der Waals surface area contributed by atoms with Crippen LogP contribution in [0.3, 0.4) is 0 Å². The van der Waals surface area contributed by atoms with Crippen LogP contribution in [0.2, 0.25) is 0 Å². The molecule has 0 unspecified atom stereocenters. The highest BCUT2D eigenvalue weighted by Crippen LogP contribution is 2.26. The van der Waals surface area contributed by atoms with Gasteiger partial charge < -0.3 is 10.8 Å². The van der Waals surface area contributed by atoms with Crippen LogP contribution in [-0.2, 0) is 16.4 Å². The molecule has 120 valence electrons. The molecule has 1 rings (SSSR count). The number of aryl methyl sites for hydroxylation is 1. The number of hydrogen-bond donors (Lipinski definition) is 2. The van der Waals surface area contributed by atoms with Crippen LogP contribution in [0, 0.1) is 0 Å². The Kier molecular flexibility index (Phi) is 5.60. The monoisotopic (exact) mass is 326 g/mol. The number of aliphatic hydroxyl groups is 1. The number of aliphatic hydroxyl groups excluding tert-OH is 1. The Morgan fingerprint density at radius 2 is 1.95 bits per heavy atom. The summed E-state index contributed by atoms with van der Waals surface area (Å²) in [6.07, 6.45) is -4.37. The minimum absolute atomic E-state index is 0.140. The molecule has 0 aliphatic rings. The first-order chi connectivity index (χ1) is 9.61. The van der Waals surface area contributed by atoms with Crippen LogP contribution in [0.1, 0.15) is 12.5 Å². The van der Waals surface area contributed by atoms with E-state index < -0.39 is 35.9 Å². The van der Waals surface area contributed by atoms with E-state index in [1.807, 2.05) is 0 Å². The van der Waals surface area contributed by atoms with Gasteiger partial charge in [-0.3, -0.25) is 0 Å². The van der Waals surface area contributed by atoms with Gasteiger partial charge in [0.1, 0.15) is 6.54 Å². The Balaban J connectivity index is 3.32. The Morgan fingerprint density at radius 3 is 2.43 bits per heavy atom. The first-order valence-corrected chi connectivity index (χ1v) is 7.62. The van der Waals surface area contributed by atoms with Crippen molar-refractivity contribution in [2.75, 3.05) is 25.4 Å². The molecular formula is C12H17F3N2O3S. The molecule has 3 N–H and O–H groups in total. The first-order valence-electron chi connectivity index (χ1n) is 6.18. The third-order valence-electron chi connectivity index (χ3n) is 2.79. The fourth-order valence-corrected chi connectivity index (χ4v) is 3.58. The van der Waals surface area contributed by atoms with Crippen molar-refractivity contribution >= 4 is 15.7 Å². The number of sulfonamides is 1. The maximum Gasteiger partial charge on any atom is 0.402 e. The topological polar surface area (TPSA) is 83.6 Å². The van der Waals surface area contributed by atoms with E-state index in [4.69, 9.17) is 10.8 Å². The predicted molar refractivity (Wildman–Crippen MR) is 72.1 cm³/mol. The molecule has 1 aromatic rings. The van der Waals surface area contributed by atoms with E-state index in [1.54, 1.807) is 6.92 Å². The van der Waals surface area contributed by atoms with Crippen molar-refractivity contribution in [1.82, 2.24) is 4.31 Å². The SMILES string of the molecule is CCc1ccc(N)cc1S(=O)(=O)N(CCO)CC(F)(F)F. The van der Waals surface area contributed by atoms with E-state index in [9.17, 15) is 21.6 Å². The highest BCUT2D eigenvalue weighted by molar-refractivity contribution is 7.89. The van der Waals surface area contributed by atoms with E-state index in [0.717, 1.165) is 6.07 Å². The number of benzene rings is 1. The molecule has 0 fully saturated rings. The molecule has 1 aromatic carbocycles. The van der Waals surface area contributed by atoms with E-state index in [-0.39, 0.29) is 14.9 Å². The van der Waals surface area contributed by atoms with Gasteiger partial charge in [0.05, 0.1) is 11.5 Å². The predicted octanol–water partition coefficient (Wildman–Crippen LogP) is 1.38. The molecule has 0 saturated carbocycles. The number of alkyl halides is 3. The van der Waals surface area contributed by atoms with Crippen molar-refractivity contribution in [2.24, 2.45) is 0 Å². The molecule has 9 heteroatoms. The van der Waals surface area contributed by atoms with Gasteiger partial charge in [-0.25, -0.2) is 8.42 Å². The van der Waals surface area contributed by atoms with E-state index in [2.05, 4.69) is 0 Å². The zero-order valence-corrected chi connectivity index (χ0v) is 12.2. The zero-order valence-electron chi connectivity index (χ0n) is 11.4. The molecule has 0 spiro atoms. The van der Waals surface area contributed by atoms with Crippen molar-refractivity contribution in [2.45, 2.75) is 24.4 Å². The molecule has 0 saturated heterocycles. The average molecular weight is 326 g/mol. The quantitative estimate of drug-likeness (QED) is 0.774. The third-order valence-corrected chi connectivity index (χ3v) is 4.72. The normalized spacial score (nSPS) is 12.9. The van der Waals surface area contributed by atoms with E-state index in [0.29, 0.717) is 12.0 Å². The summed E-state index contributed by atoms with van der Waals surface area (Å²) in [4.78, 5) is -0.261. The maximum atomic E-state index is 12.5. The van der Waals surface area contributed by atoms with Crippen molar-refractivity contribution < 1.29 is 26.7 Å². The van der Waals surface area contributed by atoms with Crippen LogP contribution in [-0.4, -0.2) is 43.7 Å². The summed E-state index contributed by atoms with van der Waals surface area (Å²) >= 11 is 0. The van der Waals surface area contributed by atoms with Gasteiger partial charge in [0.25, 0.3) is 0 Å². The van der Waals surface area contributed by atoms with Gasteiger partial charge in [-0.2, -0.15) is 17.5 Å². The van der Waals surface area contributed by atoms with E-state index in [1.165, 1.54) is 12.1 Å². The lowest BCUT2D eigenvalue weighted by Crippen LogP contribution is -2.40. The molecule has 0 bridgehead atoms. The highest BCUT2D eigenvalue weighted by Gasteiger charge is 2.37. The lowest BCUT2D eigenvalue weighted by molar-refractivity contribution is -0.136. The Hall–Kier alpha value is -1.32. The van der Waals surface area contributed by atoms with Gasteiger partial charge >= 0.3 is 6.18 Å². The molecule has 0 atom stereocenters. The van der Waals surface area contributed by atoms with Crippen molar-refractivity contribution in [3.63, 3.8) is 0 Å². The standard InChI is InChI=1S/C12H17F3N2O3S/c1-2-9-3-4-10(16)7-11(9)21(19,20)17(5-6-18)8-12(13,14)15/h3-4,7,18H,2,5-6,8,16H2,1H3. The van der Waals surface area contributed by atoms with Gasteiger partial charge in [-0.15, -0.1) is 0 Å². The largest absolute Gasteiger partial charge is 0.402 e. The molecule has 0 heterocycles. The van der Waals surface area contributed by atoms with Gasteiger partial charge in [0, 0.05) is 12.2 Å². The molecular weight excluding hydrogens is 309 g/mol. The minimum atomic E-state index is -4.70. The smallest absolute Gasteiger partial charge is 0.399 e. The van der Waals surface area contributed by atoms with E-state index >= 15 is 0 Å². The van der Waals surface area contributed by atoms with Gasteiger partial charge in [0.15, 0.2) is 0 Å². The maximum absolute atomic E-state index is 12.5. The number of nitrogens with zero attached hydrogens (tertiary/aromatic N) is 1. The van der Waals surface area contributed by atoms with Gasteiger partial charge in [-0.05, 0) is 24.1 Å². The Labute approximate surface area is 121 Å². The van der Waals surface area contributed by atoms with Gasteiger partial charge in [0.2, 0.25) is 10.0 Å². The summed E-state index contributed by atoms with van der Waals surface area (Å²) in [5, 5.41) is 8.83. The van der Waals surface area contributed by atoms with Crippen LogP contribution in [0.15, 0.2) is 23.1 Å². The lowest BCUT2D eigenvalue weighted by atomic mass is 10.1. The highest BCUT2D eigenvalue weighted by atomic mass is 32.2. The van der Waals surface area contributed by atoms with Crippen LogP contribution in [0.25, 0.3) is 0 Å². The molecule has 0 aromatic heterocycles. The first kappa shape index (κ1) is 17.7. The van der Waals surface area contributed by atoms with Gasteiger partial charge in [-0.1, -0.05) is 13.0 Å². The summed E-state index contributed by atoms with van der Waals surface area (Å²) in [6.45, 7) is -1.32. The molecule has 0 aliphatic heterocycles. The number of nitrogen functional groups attached to an aromatic ring is 1. The van der Waals surface area contributed by atoms with Crippen LogP contribution in [0.5, 0.6) is 0 Å². The molecule has 0 aliphatic carbocycles. The molecule has 0 radical (unpaired) electrons. The van der Waals surface area contributed by atoms with Crippen LogP contribution >= 0.6 is 0 Å². The third kappa shape index (κ3) is 4.58. The fourth-order valence-electron chi connectivity index (χ4n) is 1.84. The second-order valence-electron chi connectivity index (χ2n) is 4.40. The summed E-state index contributed by atoms with van der Waals surface area (Å²) in [5.74, 6) is 0. The van der Waals surface area contributed by atoms with Crippen LogP contribution < -0.4 is 5.73 Å². The Bertz CT molecular complexity index is 588. The molecule has 0 amide bonds. The second-order valence-corrected chi connectivity index (χ2v) is 6.30. The summed E-state index contributed by atoms with van der Waals surface area (Å²) in [5.41, 5.74) is 6.04. The second kappa shape index (κ2) is 6.63. The summed E-state index contributed by atoms with van der Waals surface area (Å²) in [6, 6.07) is 4.08. The minimum Gasteiger partial charge on any atom is -0.399 e. The van der Waals surface area contributed by atoms with Crippen molar-refractivity contribution in [3.05, 3.63) is 23.8 Å². The molecule has 21 heavy (non-hydrogen) atoms. The zero-order chi connectivity index (χ0) is 16.3. The van der Waals surface area contributed by atoms with Crippen molar-refractivity contribution in [1.29, 1.82) is 0 Å². The fraction of sp³-hybridized carbons (Fsp3) is 0.500. The summed E-state index contributed by atoms with van der Waals surface area (Å²) < 4.78 is 62.6. The number of anilines is 1. The summed E-state index contributed by atoms with van der Waals surface area (Å²) in [7, 11) is -4.39. The number of rotatable bonds is 6.